The molecule has 2 N–H and O–H groups in total. The molecule has 1 aromatic carbocycles. The smallest absolute Gasteiger partial charge is 0.287 e. The molecule has 0 bridgehead atoms. The predicted molar refractivity (Wildman–Crippen MR) is 90.7 cm³/mol. The molecule has 1 aliphatic carbocycles. The largest absolute Gasteiger partial charge is 0.459 e. The van der Waals surface area contributed by atoms with Crippen LogP contribution in [-0.2, 0) is 17.6 Å². The van der Waals surface area contributed by atoms with Crippen LogP contribution in [0.3, 0.4) is 0 Å². The van der Waals surface area contributed by atoms with Gasteiger partial charge in [-0.15, -0.1) is 0 Å². The van der Waals surface area contributed by atoms with Crippen LogP contribution >= 0.6 is 0 Å². The van der Waals surface area contributed by atoms with E-state index in [4.69, 9.17) is 4.42 Å². The van der Waals surface area contributed by atoms with Crippen LogP contribution in [-0.4, -0.2) is 18.4 Å². The summed E-state index contributed by atoms with van der Waals surface area (Å²) in [4.78, 5) is 23.8. The van der Waals surface area contributed by atoms with Gasteiger partial charge < -0.3 is 15.1 Å². The summed E-state index contributed by atoms with van der Waals surface area (Å²) < 4.78 is 4.99. The van der Waals surface area contributed by atoms with Crippen LogP contribution < -0.4 is 10.6 Å². The van der Waals surface area contributed by atoms with Gasteiger partial charge in [0, 0.05) is 0 Å². The van der Waals surface area contributed by atoms with Gasteiger partial charge in [-0.3, -0.25) is 9.59 Å². The Bertz CT molecular complexity index is 722. The monoisotopic (exact) mass is 326 g/mol. The molecule has 2 aromatic rings. The first-order valence-electron chi connectivity index (χ1n) is 8.36. The molecule has 1 aromatic heterocycles. The van der Waals surface area contributed by atoms with Crippen molar-refractivity contribution >= 4 is 11.8 Å². The second kappa shape index (κ2) is 7.34. The Morgan fingerprint density at radius 3 is 2.71 bits per heavy atom. The van der Waals surface area contributed by atoms with E-state index in [1.807, 2.05) is 6.92 Å². The number of hydrogen-bond donors (Lipinski definition) is 2. The Labute approximate surface area is 141 Å². The number of benzene rings is 1. The standard InChI is InChI=1S/C19H22N2O3/c1-13(15-9-8-14-5-2-3-6-16(14)11-15)21-18(22)12-20-19(23)17-7-4-10-24-17/h4,7-11,13H,2-3,5-6,12H2,1H3,(H,20,23)(H,21,22)/t13-/m0/s1. The van der Waals surface area contributed by atoms with Crippen molar-refractivity contribution in [3.63, 3.8) is 0 Å². The fourth-order valence-corrected chi connectivity index (χ4v) is 3.05. The Morgan fingerprint density at radius 2 is 1.96 bits per heavy atom. The minimum absolute atomic E-state index is 0.0746. The van der Waals surface area contributed by atoms with Crippen molar-refractivity contribution in [1.29, 1.82) is 0 Å². The van der Waals surface area contributed by atoms with Crippen molar-refractivity contribution < 1.29 is 14.0 Å². The Kier molecular flexibility index (Phi) is 4.99. The molecule has 0 unspecified atom stereocenters. The molecule has 5 nitrogen and oxygen atoms in total. The summed E-state index contributed by atoms with van der Waals surface area (Å²) in [5.41, 5.74) is 3.92. The molecule has 1 aliphatic rings. The highest BCUT2D eigenvalue weighted by Crippen LogP contribution is 2.24. The van der Waals surface area contributed by atoms with Crippen LogP contribution in [0.1, 0.15) is 53.1 Å². The third-order valence-electron chi connectivity index (χ3n) is 4.40. The lowest BCUT2D eigenvalue weighted by molar-refractivity contribution is -0.120. The summed E-state index contributed by atoms with van der Waals surface area (Å²) in [7, 11) is 0. The second-order valence-electron chi connectivity index (χ2n) is 6.18. The van der Waals surface area contributed by atoms with Crippen LogP contribution in [0.5, 0.6) is 0 Å². The van der Waals surface area contributed by atoms with E-state index >= 15 is 0 Å². The molecule has 2 amide bonds. The van der Waals surface area contributed by atoms with Gasteiger partial charge in [-0.05, 0) is 61.4 Å². The first kappa shape index (κ1) is 16.3. The number of carbonyl (C=O) groups is 2. The molecule has 0 saturated carbocycles. The van der Waals surface area contributed by atoms with Crippen molar-refractivity contribution in [1.82, 2.24) is 10.6 Å². The van der Waals surface area contributed by atoms with Crippen LogP contribution in [0.2, 0.25) is 0 Å². The van der Waals surface area contributed by atoms with Crippen LogP contribution in [0.15, 0.2) is 41.0 Å². The molecular formula is C19H22N2O3. The van der Waals surface area contributed by atoms with Crippen molar-refractivity contribution in [2.75, 3.05) is 6.54 Å². The lowest BCUT2D eigenvalue weighted by Gasteiger charge is -2.20. The molecule has 1 atom stereocenters. The first-order valence-corrected chi connectivity index (χ1v) is 8.36. The normalized spacial score (nSPS) is 14.5. The van der Waals surface area contributed by atoms with Gasteiger partial charge in [-0.1, -0.05) is 18.2 Å². The van der Waals surface area contributed by atoms with E-state index in [0.717, 1.165) is 18.4 Å². The highest BCUT2D eigenvalue weighted by Gasteiger charge is 2.15. The number of furan rings is 1. The average Bonchev–Trinajstić information content (AvgIpc) is 3.14. The second-order valence-corrected chi connectivity index (χ2v) is 6.18. The van der Waals surface area contributed by atoms with Gasteiger partial charge in [0.05, 0.1) is 18.8 Å². The van der Waals surface area contributed by atoms with E-state index < -0.39 is 5.91 Å². The van der Waals surface area contributed by atoms with E-state index in [-0.39, 0.29) is 24.3 Å². The molecule has 5 heteroatoms. The summed E-state index contributed by atoms with van der Waals surface area (Å²) in [6.45, 7) is 1.88. The van der Waals surface area contributed by atoms with Gasteiger partial charge in [0.2, 0.25) is 5.91 Å². The third-order valence-corrected chi connectivity index (χ3v) is 4.40. The Hall–Kier alpha value is -2.56. The molecule has 0 fully saturated rings. The minimum atomic E-state index is -0.392. The SMILES string of the molecule is C[C@H](NC(=O)CNC(=O)c1ccco1)c1ccc2c(c1)CCCC2. The van der Waals surface area contributed by atoms with E-state index in [1.54, 1.807) is 12.1 Å². The number of hydrogen-bond acceptors (Lipinski definition) is 3. The molecular weight excluding hydrogens is 304 g/mol. The number of rotatable bonds is 5. The van der Waals surface area contributed by atoms with E-state index in [0.29, 0.717) is 0 Å². The van der Waals surface area contributed by atoms with Gasteiger partial charge >= 0.3 is 0 Å². The van der Waals surface area contributed by atoms with E-state index in [9.17, 15) is 9.59 Å². The highest BCUT2D eigenvalue weighted by atomic mass is 16.3. The summed E-state index contributed by atoms with van der Waals surface area (Å²) >= 11 is 0. The summed E-state index contributed by atoms with van der Waals surface area (Å²) in [6, 6.07) is 9.55. The average molecular weight is 326 g/mol. The topological polar surface area (TPSA) is 71.3 Å². The van der Waals surface area contributed by atoms with Crippen molar-refractivity contribution in [2.45, 2.75) is 38.6 Å². The van der Waals surface area contributed by atoms with E-state index in [1.165, 1.54) is 30.2 Å². The zero-order valence-corrected chi connectivity index (χ0v) is 13.8. The van der Waals surface area contributed by atoms with Gasteiger partial charge in [0.15, 0.2) is 5.76 Å². The van der Waals surface area contributed by atoms with Crippen LogP contribution in [0.4, 0.5) is 0 Å². The molecule has 0 radical (unpaired) electrons. The maximum Gasteiger partial charge on any atom is 0.287 e. The molecule has 0 aliphatic heterocycles. The number of nitrogens with one attached hydrogen (secondary N) is 2. The number of amides is 2. The quantitative estimate of drug-likeness (QED) is 0.887. The molecule has 3 rings (SSSR count). The minimum Gasteiger partial charge on any atom is -0.459 e. The number of fused-ring (bicyclic) bond motifs is 1. The van der Waals surface area contributed by atoms with Gasteiger partial charge in [0.25, 0.3) is 5.91 Å². The van der Waals surface area contributed by atoms with Crippen LogP contribution in [0.25, 0.3) is 0 Å². The molecule has 0 saturated heterocycles. The fraction of sp³-hybridized carbons (Fsp3) is 0.368. The van der Waals surface area contributed by atoms with E-state index in [2.05, 4.69) is 28.8 Å². The molecule has 126 valence electrons. The zero-order chi connectivity index (χ0) is 16.9. The van der Waals surface area contributed by atoms with Crippen molar-refractivity contribution in [3.8, 4) is 0 Å². The lowest BCUT2D eigenvalue weighted by Crippen LogP contribution is -2.37. The van der Waals surface area contributed by atoms with Crippen molar-refractivity contribution in [3.05, 3.63) is 59.0 Å². The van der Waals surface area contributed by atoms with Gasteiger partial charge in [0.1, 0.15) is 0 Å². The van der Waals surface area contributed by atoms with Gasteiger partial charge in [-0.2, -0.15) is 0 Å². The summed E-state index contributed by atoms with van der Waals surface area (Å²) in [6.07, 6.45) is 6.18. The maximum absolute atomic E-state index is 12.0. The predicted octanol–water partition coefficient (Wildman–Crippen LogP) is 2.77. The molecule has 24 heavy (non-hydrogen) atoms. The van der Waals surface area contributed by atoms with Gasteiger partial charge in [-0.25, -0.2) is 0 Å². The Balaban J connectivity index is 1.53. The number of carbonyl (C=O) groups excluding carboxylic acids is 2. The third kappa shape index (κ3) is 3.85. The fourth-order valence-electron chi connectivity index (χ4n) is 3.05. The lowest BCUT2D eigenvalue weighted by atomic mass is 9.89. The zero-order valence-electron chi connectivity index (χ0n) is 13.8. The Morgan fingerprint density at radius 1 is 1.17 bits per heavy atom. The van der Waals surface area contributed by atoms with Crippen LogP contribution in [0, 0.1) is 0 Å². The first-order chi connectivity index (χ1) is 11.6. The number of aryl methyl sites for hydroxylation is 2. The summed E-state index contributed by atoms with van der Waals surface area (Å²) in [5, 5.41) is 5.47. The highest BCUT2D eigenvalue weighted by molar-refractivity contribution is 5.94. The van der Waals surface area contributed by atoms with Crippen molar-refractivity contribution in [2.24, 2.45) is 0 Å². The summed E-state index contributed by atoms with van der Waals surface area (Å²) in [5.74, 6) is -0.415. The molecule has 0 spiro atoms. The maximum atomic E-state index is 12.0. The molecule has 1 heterocycles.